The van der Waals surface area contributed by atoms with E-state index in [1.807, 2.05) is 27.7 Å². The maximum absolute atomic E-state index is 12.3. The van der Waals surface area contributed by atoms with Crippen LogP contribution in [0.1, 0.15) is 66.9 Å². The van der Waals surface area contributed by atoms with Gasteiger partial charge in [-0.05, 0) is 63.6 Å². The molecule has 0 aliphatic rings. The van der Waals surface area contributed by atoms with Crippen LogP contribution in [0.25, 0.3) is 0 Å². The van der Waals surface area contributed by atoms with Crippen molar-refractivity contribution in [3.63, 3.8) is 0 Å². The third-order valence-electron chi connectivity index (χ3n) is 5.36. The number of nitrogens with one attached hydrogen (secondary N) is 1. The number of rotatable bonds is 15. The average Bonchev–Trinajstić information content (AvgIpc) is 2.86. The first-order valence-electron chi connectivity index (χ1n) is 13.0. The molecular weight excluding hydrogens is 514 g/mol. The van der Waals surface area contributed by atoms with Gasteiger partial charge in [0.25, 0.3) is 0 Å². The number of ether oxygens (including phenoxy) is 6. The summed E-state index contributed by atoms with van der Waals surface area (Å²) in [5, 5.41) is 12.5. The van der Waals surface area contributed by atoms with Crippen LogP contribution < -0.4 is 14.8 Å². The molecule has 39 heavy (non-hydrogen) atoms. The molecule has 12 nitrogen and oxygen atoms in total. The summed E-state index contributed by atoms with van der Waals surface area (Å²) in [6.07, 6.45) is -3.18. The van der Waals surface area contributed by atoms with Gasteiger partial charge in [0.15, 0.2) is 11.5 Å². The standard InChI is InChI=1S/C27H41NO11/c1-8-17(5)35-26(32)38-22-11-10-20(13-23(22)39-27(33)36-18(6)9-2)12-21(24(29)30)28-14-19(7)37-25(31)34-15-16(3)4/h10-11,13,16-19,21,28H,8-9,12,14-15H2,1-7H3,(H,29,30)/t17?,18?,19?,21-/m0/s1. The minimum absolute atomic E-state index is 0.0335. The summed E-state index contributed by atoms with van der Waals surface area (Å²) in [4.78, 5) is 48.0. The number of carbonyl (C=O) groups excluding carboxylic acids is 3. The van der Waals surface area contributed by atoms with E-state index >= 15 is 0 Å². The molecule has 3 unspecified atom stereocenters. The van der Waals surface area contributed by atoms with Crippen molar-refractivity contribution in [2.24, 2.45) is 5.92 Å². The molecule has 0 aliphatic heterocycles. The second-order valence-electron chi connectivity index (χ2n) is 9.55. The number of carbonyl (C=O) groups is 4. The molecule has 0 amide bonds. The van der Waals surface area contributed by atoms with E-state index in [4.69, 9.17) is 28.4 Å². The summed E-state index contributed by atoms with van der Waals surface area (Å²) in [6.45, 7) is 12.7. The molecule has 0 aromatic heterocycles. The fraction of sp³-hybridized carbons (Fsp3) is 0.630. The molecule has 0 saturated heterocycles. The normalized spacial score (nSPS) is 13.9. The average molecular weight is 556 g/mol. The minimum Gasteiger partial charge on any atom is -0.480 e. The molecule has 0 radical (unpaired) electrons. The third-order valence-corrected chi connectivity index (χ3v) is 5.36. The van der Waals surface area contributed by atoms with Gasteiger partial charge < -0.3 is 38.8 Å². The van der Waals surface area contributed by atoms with Gasteiger partial charge in [-0.3, -0.25) is 4.79 Å². The highest BCUT2D eigenvalue weighted by Crippen LogP contribution is 2.30. The summed E-state index contributed by atoms with van der Waals surface area (Å²) in [5.74, 6) is -1.25. The highest BCUT2D eigenvalue weighted by molar-refractivity contribution is 5.74. The van der Waals surface area contributed by atoms with Crippen LogP contribution in [0.3, 0.4) is 0 Å². The lowest BCUT2D eigenvalue weighted by Gasteiger charge is -2.19. The zero-order valence-corrected chi connectivity index (χ0v) is 23.7. The number of aliphatic carboxylic acids is 1. The molecule has 1 aromatic carbocycles. The molecule has 0 fully saturated rings. The molecular formula is C27H41NO11. The first-order chi connectivity index (χ1) is 18.3. The molecule has 0 saturated carbocycles. The highest BCUT2D eigenvalue weighted by atomic mass is 16.8. The van der Waals surface area contributed by atoms with Gasteiger partial charge in [0, 0.05) is 6.54 Å². The minimum atomic E-state index is -1.15. The maximum Gasteiger partial charge on any atom is 0.514 e. The van der Waals surface area contributed by atoms with E-state index in [0.717, 1.165) is 0 Å². The number of carboxylic acid groups (broad SMARTS) is 1. The van der Waals surface area contributed by atoms with Gasteiger partial charge in [0.05, 0.1) is 6.61 Å². The summed E-state index contributed by atoms with van der Waals surface area (Å²) in [5.41, 5.74) is 0.453. The van der Waals surface area contributed by atoms with Gasteiger partial charge in [-0.15, -0.1) is 0 Å². The first-order valence-corrected chi connectivity index (χ1v) is 13.0. The van der Waals surface area contributed by atoms with Crippen molar-refractivity contribution in [3.05, 3.63) is 23.8 Å². The Bertz CT molecular complexity index is 950. The zero-order chi connectivity index (χ0) is 29.5. The van der Waals surface area contributed by atoms with Crippen molar-refractivity contribution in [1.29, 1.82) is 0 Å². The van der Waals surface area contributed by atoms with Gasteiger partial charge >= 0.3 is 24.4 Å². The Kier molecular flexibility index (Phi) is 14.7. The third kappa shape index (κ3) is 13.7. The fourth-order valence-electron chi connectivity index (χ4n) is 2.83. The lowest BCUT2D eigenvalue weighted by atomic mass is 10.0. The zero-order valence-electron chi connectivity index (χ0n) is 23.7. The van der Waals surface area contributed by atoms with Crippen molar-refractivity contribution in [3.8, 4) is 11.5 Å². The Morgan fingerprint density at radius 2 is 1.33 bits per heavy atom. The SMILES string of the molecule is CCC(C)OC(=O)Oc1ccc(C[C@H](NCC(C)OC(=O)OCC(C)C)C(=O)O)cc1OC(=O)OC(C)CC. The van der Waals surface area contributed by atoms with Crippen molar-refractivity contribution < 1.29 is 52.7 Å². The van der Waals surface area contributed by atoms with Crippen LogP contribution in [0.15, 0.2) is 18.2 Å². The van der Waals surface area contributed by atoms with E-state index in [2.05, 4.69) is 5.32 Å². The van der Waals surface area contributed by atoms with Gasteiger partial charge in [-0.25, -0.2) is 14.4 Å². The lowest BCUT2D eigenvalue weighted by molar-refractivity contribution is -0.139. The molecule has 0 bridgehead atoms. The Balaban J connectivity index is 2.98. The Morgan fingerprint density at radius 1 is 0.795 bits per heavy atom. The maximum atomic E-state index is 12.3. The van der Waals surface area contributed by atoms with Crippen LogP contribution in [0, 0.1) is 5.92 Å². The van der Waals surface area contributed by atoms with Crippen LogP contribution in [0.5, 0.6) is 11.5 Å². The van der Waals surface area contributed by atoms with E-state index in [0.29, 0.717) is 18.4 Å². The Morgan fingerprint density at radius 3 is 1.85 bits per heavy atom. The Labute approximate surface area is 229 Å². The first kappa shape index (κ1) is 33.5. The number of hydrogen-bond donors (Lipinski definition) is 2. The summed E-state index contributed by atoms with van der Waals surface area (Å²) >= 11 is 0. The predicted molar refractivity (Wildman–Crippen MR) is 140 cm³/mol. The van der Waals surface area contributed by atoms with Crippen LogP contribution in [-0.2, 0) is 30.2 Å². The number of carboxylic acids is 1. The van der Waals surface area contributed by atoms with Crippen molar-refractivity contribution in [2.45, 2.75) is 92.1 Å². The molecule has 1 aromatic rings. The predicted octanol–water partition coefficient (Wildman–Crippen LogP) is 5.10. The summed E-state index contributed by atoms with van der Waals surface area (Å²) in [6, 6.07) is 3.20. The van der Waals surface area contributed by atoms with Crippen LogP contribution in [0.4, 0.5) is 14.4 Å². The molecule has 12 heteroatoms. The molecule has 0 spiro atoms. The van der Waals surface area contributed by atoms with Crippen molar-refractivity contribution in [2.75, 3.05) is 13.2 Å². The molecule has 2 N–H and O–H groups in total. The van der Waals surface area contributed by atoms with Crippen molar-refractivity contribution in [1.82, 2.24) is 5.32 Å². The lowest BCUT2D eigenvalue weighted by Crippen LogP contribution is -2.42. The second-order valence-corrected chi connectivity index (χ2v) is 9.55. The number of benzene rings is 1. The van der Waals surface area contributed by atoms with E-state index in [9.17, 15) is 24.3 Å². The smallest absolute Gasteiger partial charge is 0.480 e. The molecule has 1 rings (SSSR count). The largest absolute Gasteiger partial charge is 0.514 e. The van der Waals surface area contributed by atoms with Gasteiger partial charge in [-0.1, -0.05) is 33.8 Å². The second kappa shape index (κ2) is 17.1. The monoisotopic (exact) mass is 555 g/mol. The summed E-state index contributed by atoms with van der Waals surface area (Å²) < 4.78 is 30.8. The van der Waals surface area contributed by atoms with Crippen LogP contribution >= 0.6 is 0 Å². The van der Waals surface area contributed by atoms with E-state index < -0.39 is 42.7 Å². The number of hydrogen-bond acceptors (Lipinski definition) is 11. The van der Waals surface area contributed by atoms with E-state index in [1.165, 1.54) is 18.2 Å². The van der Waals surface area contributed by atoms with Gasteiger partial charge in [0.1, 0.15) is 24.4 Å². The molecule has 0 aliphatic carbocycles. The van der Waals surface area contributed by atoms with Crippen LogP contribution in [-0.4, -0.2) is 67.0 Å². The van der Waals surface area contributed by atoms with Gasteiger partial charge in [-0.2, -0.15) is 0 Å². The topological polar surface area (TPSA) is 156 Å². The molecule has 4 atom stereocenters. The molecule has 0 heterocycles. The van der Waals surface area contributed by atoms with Gasteiger partial charge in [0.2, 0.25) is 0 Å². The van der Waals surface area contributed by atoms with Crippen LogP contribution in [0.2, 0.25) is 0 Å². The quantitative estimate of drug-likeness (QED) is 0.168. The van der Waals surface area contributed by atoms with E-state index in [1.54, 1.807) is 20.8 Å². The Hall–Kier alpha value is -3.54. The van der Waals surface area contributed by atoms with Crippen molar-refractivity contribution >= 4 is 24.4 Å². The fourth-order valence-corrected chi connectivity index (χ4v) is 2.83. The molecule has 220 valence electrons. The highest BCUT2D eigenvalue weighted by Gasteiger charge is 2.23. The summed E-state index contributed by atoms with van der Waals surface area (Å²) in [7, 11) is 0. The van der Waals surface area contributed by atoms with E-state index in [-0.39, 0.29) is 43.1 Å².